The number of carboxylic acids is 1. The van der Waals surface area contributed by atoms with E-state index in [-0.39, 0.29) is 23.8 Å². The number of carbonyl (C=O) groups is 2. The van der Waals surface area contributed by atoms with Gasteiger partial charge in [-0.25, -0.2) is 4.98 Å². The molecule has 1 aliphatic rings. The van der Waals surface area contributed by atoms with Gasteiger partial charge in [0.25, 0.3) is 5.91 Å². The maximum atomic E-state index is 12.0. The Kier molecular flexibility index (Phi) is 3.34. The average molecular weight is 286 g/mol. The third-order valence-electron chi connectivity index (χ3n) is 2.81. The van der Waals surface area contributed by atoms with Crippen molar-refractivity contribution < 1.29 is 19.6 Å². The van der Waals surface area contributed by atoms with Crippen molar-refractivity contribution in [3.8, 4) is 0 Å². The molecular weight excluding hydrogens is 278 g/mol. The van der Waals surface area contributed by atoms with E-state index in [0.29, 0.717) is 0 Å². The van der Waals surface area contributed by atoms with Crippen LogP contribution in [0.4, 0.5) is 5.69 Å². The van der Waals surface area contributed by atoms with Crippen LogP contribution in [0.25, 0.3) is 0 Å². The fourth-order valence-electron chi connectivity index (χ4n) is 1.75. The molecule has 1 fully saturated rings. The largest absolute Gasteiger partial charge is 0.481 e. The van der Waals surface area contributed by atoms with Gasteiger partial charge in [-0.3, -0.25) is 19.7 Å². The molecule has 0 unspecified atom stereocenters. The van der Waals surface area contributed by atoms with Crippen molar-refractivity contribution in [1.29, 1.82) is 0 Å². The van der Waals surface area contributed by atoms with E-state index in [1.165, 1.54) is 17.2 Å². The highest BCUT2D eigenvalue weighted by atomic mass is 35.5. The lowest BCUT2D eigenvalue weighted by Gasteiger charge is -2.36. The number of carbonyl (C=O) groups excluding carboxylic acids is 1. The van der Waals surface area contributed by atoms with E-state index in [4.69, 9.17) is 16.7 Å². The fraction of sp³-hybridized carbons (Fsp3) is 0.300. The van der Waals surface area contributed by atoms with Crippen molar-refractivity contribution in [1.82, 2.24) is 9.88 Å². The fourth-order valence-corrected chi connectivity index (χ4v) is 1.97. The Labute approximate surface area is 111 Å². The molecule has 1 saturated heterocycles. The lowest BCUT2D eigenvalue weighted by atomic mass is 9.99. The van der Waals surface area contributed by atoms with Crippen LogP contribution in [0.1, 0.15) is 10.4 Å². The predicted octanol–water partition coefficient (Wildman–Crippen LogP) is 0.800. The first-order valence-electron chi connectivity index (χ1n) is 5.22. The van der Waals surface area contributed by atoms with Gasteiger partial charge in [-0.1, -0.05) is 11.6 Å². The molecule has 9 heteroatoms. The SMILES string of the molecule is O=C(O)C1CN(C(=O)c2ccnc(Cl)c2[N+](=O)[O-])C1. The van der Waals surface area contributed by atoms with E-state index in [0.717, 1.165) is 0 Å². The number of aromatic nitrogens is 1. The Morgan fingerprint density at radius 1 is 1.53 bits per heavy atom. The normalized spacial score (nSPS) is 14.9. The Balaban J connectivity index is 2.24. The molecule has 2 rings (SSSR count). The van der Waals surface area contributed by atoms with Gasteiger partial charge in [0, 0.05) is 19.3 Å². The molecule has 1 amide bonds. The maximum absolute atomic E-state index is 12.0. The van der Waals surface area contributed by atoms with Crippen LogP contribution in [-0.4, -0.2) is 44.9 Å². The number of pyridine rings is 1. The Hall–Kier alpha value is -2.22. The summed E-state index contributed by atoms with van der Waals surface area (Å²) in [5, 5.41) is 19.2. The van der Waals surface area contributed by atoms with Gasteiger partial charge in [-0.2, -0.15) is 0 Å². The van der Waals surface area contributed by atoms with Gasteiger partial charge in [-0.15, -0.1) is 0 Å². The number of halogens is 1. The van der Waals surface area contributed by atoms with E-state index in [1.54, 1.807) is 0 Å². The summed E-state index contributed by atoms with van der Waals surface area (Å²) in [6.07, 6.45) is 1.19. The monoisotopic (exact) mass is 285 g/mol. The highest BCUT2D eigenvalue weighted by Gasteiger charge is 2.38. The minimum atomic E-state index is -0.994. The minimum absolute atomic E-state index is 0.0330. The van der Waals surface area contributed by atoms with E-state index < -0.39 is 28.4 Å². The molecule has 8 nitrogen and oxygen atoms in total. The van der Waals surface area contributed by atoms with Gasteiger partial charge in [0.1, 0.15) is 5.56 Å². The number of nitrogens with zero attached hydrogens (tertiary/aromatic N) is 3. The Morgan fingerprint density at radius 3 is 2.68 bits per heavy atom. The number of hydrogen-bond donors (Lipinski definition) is 1. The average Bonchev–Trinajstić information content (AvgIpc) is 2.25. The second-order valence-electron chi connectivity index (χ2n) is 4.00. The second-order valence-corrected chi connectivity index (χ2v) is 4.36. The number of aliphatic carboxylic acids is 1. The van der Waals surface area contributed by atoms with Crippen molar-refractivity contribution in [2.24, 2.45) is 5.92 Å². The summed E-state index contributed by atoms with van der Waals surface area (Å²) in [7, 11) is 0. The summed E-state index contributed by atoms with van der Waals surface area (Å²) >= 11 is 5.60. The summed E-state index contributed by atoms with van der Waals surface area (Å²) in [5.74, 6) is -2.24. The molecule has 0 aromatic carbocycles. The van der Waals surface area contributed by atoms with Crippen molar-refractivity contribution in [2.75, 3.05) is 13.1 Å². The van der Waals surface area contributed by atoms with Crippen LogP contribution in [0, 0.1) is 16.0 Å². The number of hydrogen-bond acceptors (Lipinski definition) is 5. The first kappa shape index (κ1) is 13.2. The van der Waals surface area contributed by atoms with Gasteiger partial charge >= 0.3 is 11.7 Å². The minimum Gasteiger partial charge on any atom is -0.481 e. The predicted molar refractivity (Wildman–Crippen MR) is 62.9 cm³/mol. The number of nitro groups is 1. The van der Waals surface area contributed by atoms with E-state index >= 15 is 0 Å². The van der Waals surface area contributed by atoms with Crippen LogP contribution in [0.2, 0.25) is 5.15 Å². The van der Waals surface area contributed by atoms with Gasteiger partial charge in [0.15, 0.2) is 0 Å². The topological polar surface area (TPSA) is 114 Å². The van der Waals surface area contributed by atoms with Crippen molar-refractivity contribution in [3.05, 3.63) is 33.1 Å². The molecule has 1 N–H and O–H groups in total. The van der Waals surface area contributed by atoms with Crippen LogP contribution in [-0.2, 0) is 4.79 Å². The molecular formula is C10H8ClN3O5. The summed E-state index contributed by atoms with van der Waals surface area (Å²) in [6, 6.07) is 1.19. The number of carboxylic acid groups (broad SMARTS) is 1. The maximum Gasteiger partial charge on any atom is 0.319 e. The zero-order valence-corrected chi connectivity index (χ0v) is 10.2. The first-order valence-corrected chi connectivity index (χ1v) is 5.60. The molecule has 0 spiro atoms. The highest BCUT2D eigenvalue weighted by molar-refractivity contribution is 6.32. The molecule has 0 radical (unpaired) electrons. The summed E-state index contributed by atoms with van der Waals surface area (Å²) < 4.78 is 0. The van der Waals surface area contributed by atoms with Crippen LogP contribution in [0.15, 0.2) is 12.3 Å². The standard InChI is InChI=1S/C10H8ClN3O5/c11-8-7(14(18)19)6(1-2-12-8)9(15)13-3-5(4-13)10(16)17/h1-2,5H,3-4H2,(H,16,17). The Morgan fingerprint density at radius 2 is 2.16 bits per heavy atom. The quantitative estimate of drug-likeness (QED) is 0.499. The summed E-state index contributed by atoms with van der Waals surface area (Å²) in [4.78, 5) is 37.5. The van der Waals surface area contributed by atoms with Crippen molar-refractivity contribution in [3.63, 3.8) is 0 Å². The number of amides is 1. The molecule has 1 aliphatic heterocycles. The van der Waals surface area contributed by atoms with E-state index in [9.17, 15) is 19.7 Å². The molecule has 2 heterocycles. The third-order valence-corrected chi connectivity index (χ3v) is 3.09. The molecule has 19 heavy (non-hydrogen) atoms. The second kappa shape index (κ2) is 4.81. The van der Waals surface area contributed by atoms with E-state index in [1.807, 2.05) is 0 Å². The van der Waals surface area contributed by atoms with Crippen LogP contribution >= 0.6 is 11.6 Å². The zero-order chi connectivity index (χ0) is 14.2. The van der Waals surface area contributed by atoms with E-state index in [2.05, 4.69) is 4.98 Å². The van der Waals surface area contributed by atoms with Gasteiger partial charge < -0.3 is 10.0 Å². The molecule has 0 atom stereocenters. The molecule has 0 saturated carbocycles. The lowest BCUT2D eigenvalue weighted by molar-refractivity contribution is -0.385. The number of likely N-dealkylation sites (tertiary alicyclic amines) is 1. The van der Waals surface area contributed by atoms with Gasteiger partial charge in [0.2, 0.25) is 5.15 Å². The summed E-state index contributed by atoms with van der Waals surface area (Å²) in [5.41, 5.74) is -0.748. The van der Waals surface area contributed by atoms with Crippen LogP contribution in [0.5, 0.6) is 0 Å². The van der Waals surface area contributed by atoms with Gasteiger partial charge in [-0.05, 0) is 6.07 Å². The first-order chi connectivity index (χ1) is 8.91. The molecule has 100 valence electrons. The number of rotatable bonds is 3. The highest BCUT2D eigenvalue weighted by Crippen LogP contribution is 2.29. The van der Waals surface area contributed by atoms with Crippen LogP contribution in [0.3, 0.4) is 0 Å². The lowest BCUT2D eigenvalue weighted by Crippen LogP contribution is -2.53. The smallest absolute Gasteiger partial charge is 0.319 e. The molecule has 0 bridgehead atoms. The molecule has 0 aliphatic carbocycles. The third kappa shape index (κ3) is 2.34. The molecule has 1 aromatic rings. The zero-order valence-electron chi connectivity index (χ0n) is 9.45. The summed E-state index contributed by atoms with van der Waals surface area (Å²) in [6.45, 7) is 0.0660. The Bertz CT molecular complexity index is 570. The van der Waals surface area contributed by atoms with Crippen molar-refractivity contribution >= 4 is 29.2 Å². The van der Waals surface area contributed by atoms with Crippen molar-refractivity contribution in [2.45, 2.75) is 0 Å². The molecule has 1 aromatic heterocycles. The van der Waals surface area contributed by atoms with Crippen LogP contribution < -0.4 is 0 Å². The van der Waals surface area contributed by atoms with Gasteiger partial charge in [0.05, 0.1) is 10.8 Å².